The topological polar surface area (TPSA) is 61.2 Å². The van der Waals surface area contributed by atoms with Gasteiger partial charge in [-0.1, -0.05) is 23.8 Å². The van der Waals surface area contributed by atoms with Crippen LogP contribution >= 0.6 is 0 Å². The van der Waals surface area contributed by atoms with Crippen molar-refractivity contribution in [3.05, 3.63) is 70.3 Å². The first kappa shape index (κ1) is 13.1. The third-order valence-corrected chi connectivity index (χ3v) is 3.52. The number of carbonyl (C=O) groups excluding carboxylic acids is 2. The van der Waals surface area contributed by atoms with E-state index in [2.05, 4.69) is 6.07 Å². The van der Waals surface area contributed by atoms with Gasteiger partial charge in [0.2, 0.25) is 0 Å². The number of nitrogens with zero attached hydrogens (tertiary/aromatic N) is 2. The van der Waals surface area contributed by atoms with E-state index in [1.54, 1.807) is 36.4 Å². The minimum Gasteiger partial charge on any atom is -0.270 e. The molecule has 0 saturated carbocycles. The summed E-state index contributed by atoms with van der Waals surface area (Å²) >= 11 is 0. The largest absolute Gasteiger partial charge is 0.270 e. The molecule has 4 heteroatoms. The lowest BCUT2D eigenvalue weighted by atomic mass is 10.1. The molecule has 0 saturated heterocycles. The summed E-state index contributed by atoms with van der Waals surface area (Å²) in [5, 5.41) is 8.90. The van der Waals surface area contributed by atoms with Crippen LogP contribution in [0.1, 0.15) is 37.4 Å². The standard InChI is InChI=1S/C17H12N2O2/c1-11-5-6-14-15(7-11)17(21)19(16(14)20)10-13-4-2-3-12(8-13)9-18/h2-8H,10H2,1H3. The number of nitriles is 1. The van der Waals surface area contributed by atoms with Gasteiger partial charge in [-0.05, 0) is 36.8 Å². The van der Waals surface area contributed by atoms with Crippen LogP contribution in [-0.4, -0.2) is 16.7 Å². The molecule has 0 spiro atoms. The van der Waals surface area contributed by atoms with E-state index < -0.39 is 0 Å². The van der Waals surface area contributed by atoms with Crippen LogP contribution in [0.25, 0.3) is 0 Å². The Kier molecular flexibility index (Phi) is 3.03. The summed E-state index contributed by atoms with van der Waals surface area (Å²) in [6, 6.07) is 14.2. The maximum absolute atomic E-state index is 12.4. The van der Waals surface area contributed by atoms with Crippen LogP contribution in [0.4, 0.5) is 0 Å². The molecule has 0 radical (unpaired) electrons. The predicted molar refractivity (Wildman–Crippen MR) is 76.5 cm³/mol. The second-order valence-electron chi connectivity index (χ2n) is 5.06. The van der Waals surface area contributed by atoms with Gasteiger partial charge in [0.05, 0.1) is 29.3 Å². The van der Waals surface area contributed by atoms with E-state index >= 15 is 0 Å². The van der Waals surface area contributed by atoms with E-state index in [4.69, 9.17) is 5.26 Å². The molecule has 0 bridgehead atoms. The van der Waals surface area contributed by atoms with Crippen LogP contribution in [0.15, 0.2) is 42.5 Å². The first-order valence-electron chi connectivity index (χ1n) is 6.56. The Balaban J connectivity index is 1.93. The van der Waals surface area contributed by atoms with Gasteiger partial charge in [0.15, 0.2) is 0 Å². The normalized spacial score (nSPS) is 13.2. The summed E-state index contributed by atoms with van der Waals surface area (Å²) in [6.45, 7) is 2.07. The van der Waals surface area contributed by atoms with Crippen LogP contribution in [0.2, 0.25) is 0 Å². The Morgan fingerprint density at radius 1 is 1.05 bits per heavy atom. The zero-order valence-electron chi connectivity index (χ0n) is 11.5. The Labute approximate surface area is 122 Å². The second-order valence-corrected chi connectivity index (χ2v) is 5.06. The van der Waals surface area contributed by atoms with Crippen LogP contribution < -0.4 is 0 Å². The van der Waals surface area contributed by atoms with Gasteiger partial charge in [-0.25, -0.2) is 0 Å². The number of imide groups is 1. The first-order chi connectivity index (χ1) is 10.1. The highest BCUT2D eigenvalue weighted by atomic mass is 16.2. The van der Waals surface area contributed by atoms with E-state index in [1.807, 2.05) is 13.0 Å². The molecule has 0 aliphatic carbocycles. The van der Waals surface area contributed by atoms with Crippen molar-refractivity contribution in [2.75, 3.05) is 0 Å². The number of benzene rings is 2. The number of amides is 2. The van der Waals surface area contributed by atoms with Crippen molar-refractivity contribution in [1.82, 2.24) is 4.90 Å². The number of hydrogen-bond donors (Lipinski definition) is 0. The Bertz CT molecular complexity index is 803. The Morgan fingerprint density at radius 2 is 1.81 bits per heavy atom. The maximum atomic E-state index is 12.4. The fourth-order valence-electron chi connectivity index (χ4n) is 2.47. The van der Waals surface area contributed by atoms with Crippen molar-refractivity contribution in [2.45, 2.75) is 13.5 Å². The molecule has 21 heavy (non-hydrogen) atoms. The van der Waals surface area contributed by atoms with Crippen molar-refractivity contribution in [2.24, 2.45) is 0 Å². The molecular formula is C17H12N2O2. The van der Waals surface area contributed by atoms with Crippen LogP contribution in [0.5, 0.6) is 0 Å². The average molecular weight is 276 g/mol. The molecule has 0 atom stereocenters. The molecule has 1 aliphatic rings. The van der Waals surface area contributed by atoms with Gasteiger partial charge in [-0.3, -0.25) is 14.5 Å². The lowest BCUT2D eigenvalue weighted by Crippen LogP contribution is -2.29. The quantitative estimate of drug-likeness (QED) is 0.792. The summed E-state index contributed by atoms with van der Waals surface area (Å²) in [4.78, 5) is 25.9. The summed E-state index contributed by atoms with van der Waals surface area (Å²) < 4.78 is 0. The minimum atomic E-state index is -0.280. The third-order valence-electron chi connectivity index (χ3n) is 3.52. The molecule has 0 aromatic heterocycles. The smallest absolute Gasteiger partial charge is 0.261 e. The number of rotatable bonds is 2. The zero-order chi connectivity index (χ0) is 15.0. The van der Waals surface area contributed by atoms with Gasteiger partial charge in [0.25, 0.3) is 11.8 Å². The number of aryl methyl sites for hydroxylation is 1. The fourth-order valence-corrected chi connectivity index (χ4v) is 2.47. The molecule has 0 fully saturated rings. The first-order valence-corrected chi connectivity index (χ1v) is 6.56. The molecule has 4 nitrogen and oxygen atoms in total. The highest BCUT2D eigenvalue weighted by Gasteiger charge is 2.35. The summed E-state index contributed by atoms with van der Waals surface area (Å²) in [5.74, 6) is -0.557. The molecule has 102 valence electrons. The molecule has 0 unspecified atom stereocenters. The number of carbonyl (C=O) groups is 2. The van der Waals surface area contributed by atoms with Crippen LogP contribution in [0.3, 0.4) is 0 Å². The summed E-state index contributed by atoms with van der Waals surface area (Å²) in [7, 11) is 0. The average Bonchev–Trinajstić information content (AvgIpc) is 2.72. The fraction of sp³-hybridized carbons (Fsp3) is 0.118. The molecule has 1 aliphatic heterocycles. The summed E-state index contributed by atoms with van der Waals surface area (Å²) in [5.41, 5.74) is 3.13. The van der Waals surface area contributed by atoms with Crippen molar-refractivity contribution >= 4 is 11.8 Å². The third kappa shape index (κ3) is 2.19. The summed E-state index contributed by atoms with van der Waals surface area (Å²) in [6.07, 6.45) is 0. The van der Waals surface area contributed by atoms with Crippen molar-refractivity contribution in [3.8, 4) is 6.07 Å². The van der Waals surface area contributed by atoms with E-state index in [9.17, 15) is 9.59 Å². The maximum Gasteiger partial charge on any atom is 0.261 e. The van der Waals surface area contributed by atoms with Gasteiger partial charge in [0.1, 0.15) is 0 Å². The Morgan fingerprint density at radius 3 is 2.57 bits per heavy atom. The van der Waals surface area contributed by atoms with Gasteiger partial charge < -0.3 is 0 Å². The van der Waals surface area contributed by atoms with Gasteiger partial charge >= 0.3 is 0 Å². The second kappa shape index (κ2) is 4.88. The Hall–Kier alpha value is -2.93. The SMILES string of the molecule is Cc1ccc2c(c1)C(=O)N(Cc1cccc(C#N)c1)C2=O. The number of fused-ring (bicyclic) bond motifs is 1. The monoisotopic (exact) mass is 276 g/mol. The van der Waals surface area contributed by atoms with Crippen LogP contribution in [-0.2, 0) is 6.54 Å². The van der Waals surface area contributed by atoms with Gasteiger partial charge in [-0.2, -0.15) is 5.26 Å². The van der Waals surface area contributed by atoms with Crippen molar-refractivity contribution in [1.29, 1.82) is 5.26 Å². The van der Waals surface area contributed by atoms with E-state index in [0.29, 0.717) is 16.7 Å². The molecule has 3 rings (SSSR count). The van der Waals surface area contributed by atoms with Crippen molar-refractivity contribution < 1.29 is 9.59 Å². The van der Waals surface area contributed by atoms with E-state index in [0.717, 1.165) is 11.1 Å². The highest BCUT2D eigenvalue weighted by Crippen LogP contribution is 2.25. The molecular weight excluding hydrogens is 264 g/mol. The zero-order valence-corrected chi connectivity index (χ0v) is 11.5. The van der Waals surface area contributed by atoms with Gasteiger partial charge in [0, 0.05) is 0 Å². The molecule has 2 amide bonds. The molecule has 2 aromatic carbocycles. The number of hydrogen-bond acceptors (Lipinski definition) is 3. The molecule has 0 N–H and O–H groups in total. The minimum absolute atomic E-state index is 0.181. The van der Waals surface area contributed by atoms with E-state index in [-0.39, 0.29) is 18.4 Å². The van der Waals surface area contributed by atoms with Crippen LogP contribution in [0, 0.1) is 18.3 Å². The predicted octanol–water partition coefficient (Wildman–Crippen LogP) is 2.66. The van der Waals surface area contributed by atoms with E-state index in [1.165, 1.54) is 4.90 Å². The lowest BCUT2D eigenvalue weighted by molar-refractivity contribution is 0.0642. The lowest BCUT2D eigenvalue weighted by Gasteiger charge is -2.13. The van der Waals surface area contributed by atoms with Crippen molar-refractivity contribution in [3.63, 3.8) is 0 Å². The molecule has 1 heterocycles. The molecule has 2 aromatic rings. The van der Waals surface area contributed by atoms with Gasteiger partial charge in [-0.15, -0.1) is 0 Å². The highest BCUT2D eigenvalue weighted by molar-refractivity contribution is 6.21.